The molecule has 0 radical (unpaired) electrons. The van der Waals surface area contributed by atoms with Crippen LogP contribution < -0.4 is 5.32 Å². The largest absolute Gasteiger partial charge is 0.354 e. The summed E-state index contributed by atoms with van der Waals surface area (Å²) in [5.74, 6) is 1.73. The molecule has 5 nitrogen and oxygen atoms in total. The Bertz CT molecular complexity index is 562. The van der Waals surface area contributed by atoms with Gasteiger partial charge in [0, 0.05) is 17.3 Å². The Morgan fingerprint density at radius 1 is 1.50 bits per heavy atom. The van der Waals surface area contributed by atoms with Gasteiger partial charge in [-0.15, -0.1) is 11.3 Å². The second-order valence-electron chi connectivity index (χ2n) is 4.90. The fourth-order valence-electron chi connectivity index (χ4n) is 2.06. The third-order valence-electron chi connectivity index (χ3n) is 3.12. The first kappa shape index (κ1) is 14.7. The summed E-state index contributed by atoms with van der Waals surface area (Å²) < 4.78 is 1.82. The van der Waals surface area contributed by atoms with Crippen LogP contribution in [-0.4, -0.2) is 27.2 Å². The minimum absolute atomic E-state index is 0.00719. The van der Waals surface area contributed by atoms with Crippen LogP contribution in [0.5, 0.6) is 0 Å². The molecule has 0 aliphatic carbocycles. The molecule has 0 fully saturated rings. The zero-order valence-corrected chi connectivity index (χ0v) is 12.9. The van der Waals surface area contributed by atoms with Gasteiger partial charge in [0.25, 0.3) is 0 Å². The monoisotopic (exact) mass is 292 g/mol. The molecule has 20 heavy (non-hydrogen) atoms. The second kappa shape index (κ2) is 6.65. The molecule has 2 aromatic heterocycles. The fraction of sp³-hybridized carbons (Fsp3) is 0.500. The molecule has 0 saturated heterocycles. The first-order valence-electron chi connectivity index (χ1n) is 6.74. The Hall–Kier alpha value is -1.69. The summed E-state index contributed by atoms with van der Waals surface area (Å²) in [5, 5.41) is 9.26. The molecule has 0 aliphatic rings. The van der Waals surface area contributed by atoms with Crippen molar-refractivity contribution in [2.45, 2.75) is 33.7 Å². The summed E-state index contributed by atoms with van der Waals surface area (Å²) in [4.78, 5) is 17.5. The molecule has 1 amide bonds. The number of amides is 1. The van der Waals surface area contributed by atoms with Gasteiger partial charge in [-0.1, -0.05) is 13.0 Å². The Balaban J connectivity index is 1.76. The lowest BCUT2D eigenvalue weighted by atomic mass is 10.1. The van der Waals surface area contributed by atoms with Crippen LogP contribution in [0.25, 0.3) is 0 Å². The number of carbonyl (C=O) groups excluding carboxylic acids is 1. The lowest BCUT2D eigenvalue weighted by Crippen LogP contribution is -2.33. The summed E-state index contributed by atoms with van der Waals surface area (Å²) in [6.45, 7) is 6.98. The van der Waals surface area contributed by atoms with E-state index >= 15 is 0 Å². The van der Waals surface area contributed by atoms with Gasteiger partial charge in [-0.3, -0.25) is 4.79 Å². The molecular weight excluding hydrogens is 272 g/mol. The van der Waals surface area contributed by atoms with Gasteiger partial charge in [0.05, 0.1) is 6.54 Å². The van der Waals surface area contributed by atoms with Crippen molar-refractivity contribution in [3.63, 3.8) is 0 Å². The van der Waals surface area contributed by atoms with Gasteiger partial charge < -0.3 is 5.32 Å². The number of nitrogens with one attached hydrogen (secondary N) is 1. The molecule has 6 heteroatoms. The van der Waals surface area contributed by atoms with Crippen LogP contribution in [0.15, 0.2) is 17.5 Å². The molecule has 0 spiro atoms. The zero-order valence-electron chi connectivity index (χ0n) is 12.1. The van der Waals surface area contributed by atoms with E-state index in [1.165, 1.54) is 4.88 Å². The third kappa shape index (κ3) is 3.90. The van der Waals surface area contributed by atoms with E-state index in [-0.39, 0.29) is 11.8 Å². The van der Waals surface area contributed by atoms with Crippen LogP contribution in [0.2, 0.25) is 0 Å². The zero-order chi connectivity index (χ0) is 14.5. The fourth-order valence-corrected chi connectivity index (χ4v) is 2.89. The number of aromatic nitrogens is 3. The van der Waals surface area contributed by atoms with Crippen molar-refractivity contribution in [2.24, 2.45) is 5.92 Å². The normalized spacial score (nSPS) is 12.3. The quantitative estimate of drug-likeness (QED) is 0.885. The lowest BCUT2D eigenvalue weighted by molar-refractivity contribution is -0.124. The highest BCUT2D eigenvalue weighted by atomic mass is 32.1. The maximum absolute atomic E-state index is 12.0. The Morgan fingerprint density at radius 3 is 2.90 bits per heavy atom. The van der Waals surface area contributed by atoms with Crippen LogP contribution >= 0.6 is 11.3 Å². The molecule has 0 bridgehead atoms. The van der Waals surface area contributed by atoms with Gasteiger partial charge in [0.2, 0.25) is 5.91 Å². The Morgan fingerprint density at radius 2 is 2.30 bits per heavy atom. The van der Waals surface area contributed by atoms with Gasteiger partial charge in [-0.25, -0.2) is 9.67 Å². The molecule has 1 atom stereocenters. The number of rotatable bonds is 6. The number of carbonyl (C=O) groups is 1. The van der Waals surface area contributed by atoms with E-state index in [9.17, 15) is 4.79 Å². The van der Waals surface area contributed by atoms with Crippen LogP contribution in [0.1, 0.15) is 23.4 Å². The second-order valence-corrected chi connectivity index (χ2v) is 5.94. The summed E-state index contributed by atoms with van der Waals surface area (Å²) >= 11 is 1.69. The average Bonchev–Trinajstić information content (AvgIpc) is 2.99. The number of thiophene rings is 1. The van der Waals surface area contributed by atoms with Crippen LogP contribution in [0.4, 0.5) is 0 Å². The topological polar surface area (TPSA) is 59.8 Å². The first-order chi connectivity index (χ1) is 9.56. The van der Waals surface area contributed by atoms with Crippen LogP contribution in [-0.2, 0) is 17.8 Å². The van der Waals surface area contributed by atoms with Gasteiger partial charge >= 0.3 is 0 Å². The Labute approximate surface area is 123 Å². The molecule has 2 rings (SSSR count). The molecule has 0 aromatic carbocycles. The lowest BCUT2D eigenvalue weighted by Gasteiger charge is -2.11. The van der Waals surface area contributed by atoms with Gasteiger partial charge in [-0.05, 0) is 31.7 Å². The van der Waals surface area contributed by atoms with E-state index in [4.69, 9.17) is 0 Å². The van der Waals surface area contributed by atoms with E-state index in [2.05, 4.69) is 21.5 Å². The van der Waals surface area contributed by atoms with Crippen molar-refractivity contribution >= 4 is 17.2 Å². The number of aryl methyl sites for hydroxylation is 2. The molecule has 1 N–H and O–H groups in total. The van der Waals surface area contributed by atoms with E-state index < -0.39 is 0 Å². The number of hydrogen-bond acceptors (Lipinski definition) is 4. The predicted octanol–water partition coefficient (Wildman–Crippen LogP) is 1.95. The SMILES string of the molecule is Cc1nc(C)n(CCNC(=O)[C@@H](C)Cc2cccs2)n1. The molecule has 0 aliphatic heterocycles. The maximum atomic E-state index is 12.0. The van der Waals surface area contributed by atoms with Crippen molar-refractivity contribution in [2.75, 3.05) is 6.54 Å². The molecule has 0 saturated carbocycles. The van der Waals surface area contributed by atoms with Gasteiger partial charge in [0.15, 0.2) is 0 Å². The molecule has 2 aromatic rings. The molecule has 0 unspecified atom stereocenters. The van der Waals surface area contributed by atoms with E-state index in [0.717, 1.165) is 18.1 Å². The van der Waals surface area contributed by atoms with E-state index in [0.29, 0.717) is 13.1 Å². The third-order valence-corrected chi connectivity index (χ3v) is 4.02. The molecule has 108 valence electrons. The summed E-state index contributed by atoms with van der Waals surface area (Å²) in [7, 11) is 0. The van der Waals surface area contributed by atoms with Crippen molar-refractivity contribution < 1.29 is 4.79 Å². The smallest absolute Gasteiger partial charge is 0.223 e. The minimum atomic E-state index is -0.00719. The highest BCUT2D eigenvalue weighted by Crippen LogP contribution is 2.14. The minimum Gasteiger partial charge on any atom is -0.354 e. The van der Waals surface area contributed by atoms with Crippen LogP contribution in [0, 0.1) is 19.8 Å². The first-order valence-corrected chi connectivity index (χ1v) is 7.62. The summed E-state index contributed by atoms with van der Waals surface area (Å²) in [6, 6.07) is 4.08. The molecular formula is C14H20N4OS. The standard InChI is InChI=1S/C14H20N4OS/c1-10(9-13-5-4-8-20-13)14(19)15-6-7-18-12(3)16-11(2)17-18/h4-5,8,10H,6-7,9H2,1-3H3,(H,15,19)/t10-/m0/s1. The number of nitrogens with zero attached hydrogens (tertiary/aromatic N) is 3. The van der Waals surface area contributed by atoms with Crippen molar-refractivity contribution in [3.05, 3.63) is 34.0 Å². The maximum Gasteiger partial charge on any atom is 0.223 e. The predicted molar refractivity (Wildman–Crippen MR) is 79.7 cm³/mol. The summed E-state index contributed by atoms with van der Waals surface area (Å²) in [5.41, 5.74) is 0. The van der Waals surface area contributed by atoms with E-state index in [1.807, 2.05) is 36.9 Å². The van der Waals surface area contributed by atoms with E-state index in [1.54, 1.807) is 11.3 Å². The van der Waals surface area contributed by atoms with Crippen molar-refractivity contribution in [1.29, 1.82) is 0 Å². The number of hydrogen-bond donors (Lipinski definition) is 1. The Kier molecular flexibility index (Phi) is 4.89. The average molecular weight is 292 g/mol. The van der Waals surface area contributed by atoms with Crippen LogP contribution in [0.3, 0.4) is 0 Å². The highest BCUT2D eigenvalue weighted by molar-refractivity contribution is 7.09. The van der Waals surface area contributed by atoms with Gasteiger partial charge in [-0.2, -0.15) is 5.10 Å². The highest BCUT2D eigenvalue weighted by Gasteiger charge is 2.13. The molecule has 2 heterocycles. The summed E-state index contributed by atoms with van der Waals surface area (Å²) in [6.07, 6.45) is 0.797. The van der Waals surface area contributed by atoms with Crippen molar-refractivity contribution in [3.8, 4) is 0 Å². The van der Waals surface area contributed by atoms with Gasteiger partial charge in [0.1, 0.15) is 11.6 Å². The van der Waals surface area contributed by atoms with Crippen molar-refractivity contribution in [1.82, 2.24) is 20.1 Å².